The fourth-order valence-corrected chi connectivity index (χ4v) is 2.67. The van der Waals surface area contributed by atoms with Gasteiger partial charge in [0.25, 0.3) is 11.8 Å². The number of carbonyl (C=O) groups excluding carboxylic acids is 2. The lowest BCUT2D eigenvalue weighted by Crippen LogP contribution is -2.26. The molecule has 2 aromatic carbocycles. The first-order valence-corrected chi connectivity index (χ1v) is 9.44. The van der Waals surface area contributed by atoms with Gasteiger partial charge in [-0.1, -0.05) is 15.9 Å². The van der Waals surface area contributed by atoms with Crippen molar-refractivity contribution in [3.05, 3.63) is 58.1 Å². The van der Waals surface area contributed by atoms with Crippen molar-refractivity contribution < 1.29 is 23.8 Å². The molecule has 0 fully saturated rings. The molecule has 0 saturated carbocycles. The number of hydrogen-bond donors (Lipinski definition) is 2. The Morgan fingerprint density at radius 1 is 0.929 bits per heavy atom. The molecule has 0 aliphatic rings. The van der Waals surface area contributed by atoms with Crippen LogP contribution in [0.25, 0.3) is 0 Å². The zero-order valence-corrected chi connectivity index (χ0v) is 17.4. The molecule has 0 aliphatic carbocycles. The molecule has 7 nitrogen and oxygen atoms in total. The second-order valence-electron chi connectivity index (χ2n) is 5.76. The maximum Gasteiger partial charge on any atom is 0.259 e. The number of ether oxygens (including phenoxy) is 3. The lowest BCUT2D eigenvalue weighted by atomic mass is 10.1. The summed E-state index contributed by atoms with van der Waals surface area (Å²) < 4.78 is 16.3. The van der Waals surface area contributed by atoms with Gasteiger partial charge in [-0.3, -0.25) is 9.59 Å². The second kappa shape index (κ2) is 11.4. The molecule has 0 saturated heterocycles. The summed E-state index contributed by atoms with van der Waals surface area (Å²) in [6.45, 7) is 1.64. The normalized spacial score (nSPS) is 10.4. The summed E-state index contributed by atoms with van der Waals surface area (Å²) in [6, 6.07) is 11.9. The molecule has 0 bridgehead atoms. The predicted molar refractivity (Wildman–Crippen MR) is 110 cm³/mol. The molecule has 0 aromatic heterocycles. The van der Waals surface area contributed by atoms with Gasteiger partial charge in [-0.05, 0) is 42.5 Å². The summed E-state index contributed by atoms with van der Waals surface area (Å²) >= 11 is 3.37. The molecule has 2 rings (SSSR count). The quantitative estimate of drug-likeness (QED) is 0.543. The molecule has 0 unspecified atom stereocenters. The Morgan fingerprint density at radius 2 is 1.64 bits per heavy atom. The van der Waals surface area contributed by atoms with Gasteiger partial charge in [0.15, 0.2) is 0 Å². The van der Waals surface area contributed by atoms with Gasteiger partial charge in [0, 0.05) is 36.5 Å². The van der Waals surface area contributed by atoms with E-state index in [2.05, 4.69) is 26.6 Å². The van der Waals surface area contributed by atoms with Crippen molar-refractivity contribution >= 4 is 33.4 Å². The largest absolute Gasteiger partial charge is 0.490 e. The van der Waals surface area contributed by atoms with Crippen molar-refractivity contribution in [2.75, 3.05) is 45.9 Å². The minimum Gasteiger partial charge on any atom is -0.490 e. The number of benzene rings is 2. The lowest BCUT2D eigenvalue weighted by Gasteiger charge is -2.12. The van der Waals surface area contributed by atoms with E-state index in [4.69, 9.17) is 14.2 Å². The van der Waals surface area contributed by atoms with E-state index >= 15 is 0 Å². The van der Waals surface area contributed by atoms with Gasteiger partial charge >= 0.3 is 0 Å². The Morgan fingerprint density at radius 3 is 2.32 bits per heavy atom. The van der Waals surface area contributed by atoms with Gasteiger partial charge in [0.2, 0.25) is 0 Å². The number of carbonyl (C=O) groups is 2. The summed E-state index contributed by atoms with van der Waals surface area (Å²) in [4.78, 5) is 24.7. The smallest absolute Gasteiger partial charge is 0.259 e. The molecule has 0 atom stereocenters. The van der Waals surface area contributed by atoms with Gasteiger partial charge < -0.3 is 24.8 Å². The Bertz CT molecular complexity index is 796. The molecule has 150 valence electrons. The van der Waals surface area contributed by atoms with Crippen molar-refractivity contribution in [3.8, 4) is 5.75 Å². The topological polar surface area (TPSA) is 85.9 Å². The molecule has 0 heterocycles. The summed E-state index contributed by atoms with van der Waals surface area (Å²) in [5, 5.41) is 5.55. The van der Waals surface area contributed by atoms with E-state index in [1.165, 1.54) is 0 Å². The molecule has 8 heteroatoms. The van der Waals surface area contributed by atoms with Crippen LogP contribution in [-0.2, 0) is 9.47 Å². The van der Waals surface area contributed by atoms with Crippen molar-refractivity contribution in [1.29, 1.82) is 0 Å². The summed E-state index contributed by atoms with van der Waals surface area (Å²) in [6.07, 6.45) is 0. The average molecular weight is 451 g/mol. The number of halogens is 1. The predicted octanol–water partition coefficient (Wildman–Crippen LogP) is 3.10. The van der Waals surface area contributed by atoms with Crippen LogP contribution in [-0.4, -0.2) is 52.4 Å². The molecule has 2 N–H and O–H groups in total. The van der Waals surface area contributed by atoms with Crippen LogP contribution < -0.4 is 15.4 Å². The van der Waals surface area contributed by atoms with Gasteiger partial charge in [-0.15, -0.1) is 0 Å². The lowest BCUT2D eigenvalue weighted by molar-refractivity contribution is 0.0936. The second-order valence-corrected chi connectivity index (χ2v) is 6.68. The summed E-state index contributed by atoms with van der Waals surface area (Å²) in [5.74, 6) is -0.0475. The van der Waals surface area contributed by atoms with Crippen LogP contribution in [0.5, 0.6) is 5.75 Å². The number of amides is 2. The van der Waals surface area contributed by atoms with E-state index in [1.54, 1.807) is 56.7 Å². The molecule has 0 aliphatic heterocycles. The first-order valence-electron chi connectivity index (χ1n) is 8.65. The van der Waals surface area contributed by atoms with E-state index < -0.39 is 0 Å². The third-order valence-electron chi connectivity index (χ3n) is 3.73. The Labute approximate surface area is 172 Å². The molecule has 2 amide bonds. The van der Waals surface area contributed by atoms with Crippen molar-refractivity contribution in [2.45, 2.75) is 0 Å². The van der Waals surface area contributed by atoms with E-state index in [9.17, 15) is 9.59 Å². The monoisotopic (exact) mass is 450 g/mol. The van der Waals surface area contributed by atoms with Crippen molar-refractivity contribution in [2.24, 2.45) is 0 Å². The number of anilines is 1. The zero-order valence-electron chi connectivity index (χ0n) is 15.8. The first kappa shape index (κ1) is 21.9. The van der Waals surface area contributed by atoms with E-state index in [0.29, 0.717) is 48.9 Å². The average Bonchev–Trinajstić information content (AvgIpc) is 2.70. The van der Waals surface area contributed by atoms with Crippen LogP contribution in [0, 0.1) is 0 Å². The highest BCUT2D eigenvalue weighted by Crippen LogP contribution is 2.24. The van der Waals surface area contributed by atoms with Crippen LogP contribution >= 0.6 is 15.9 Å². The van der Waals surface area contributed by atoms with Gasteiger partial charge in [-0.25, -0.2) is 0 Å². The highest BCUT2D eigenvalue weighted by molar-refractivity contribution is 9.10. The van der Waals surface area contributed by atoms with Gasteiger partial charge in [-0.2, -0.15) is 0 Å². The van der Waals surface area contributed by atoms with E-state index in [-0.39, 0.29) is 11.8 Å². The highest BCUT2D eigenvalue weighted by Gasteiger charge is 2.14. The van der Waals surface area contributed by atoms with Gasteiger partial charge in [0.05, 0.1) is 18.8 Å². The van der Waals surface area contributed by atoms with Crippen molar-refractivity contribution in [1.82, 2.24) is 5.32 Å². The molecule has 0 radical (unpaired) electrons. The third kappa shape index (κ3) is 6.63. The molecular weight excluding hydrogens is 428 g/mol. The molecular formula is C20H23BrN2O5. The van der Waals surface area contributed by atoms with Crippen LogP contribution in [0.4, 0.5) is 5.69 Å². The van der Waals surface area contributed by atoms with Crippen LogP contribution in [0.2, 0.25) is 0 Å². The van der Waals surface area contributed by atoms with Gasteiger partial charge in [0.1, 0.15) is 12.4 Å². The fourth-order valence-electron chi connectivity index (χ4n) is 2.31. The fraction of sp³-hybridized carbons (Fsp3) is 0.300. The summed E-state index contributed by atoms with van der Waals surface area (Å²) in [5.41, 5.74) is 1.47. The van der Waals surface area contributed by atoms with E-state index in [1.807, 2.05) is 0 Å². The Kier molecular flexibility index (Phi) is 8.93. The maximum atomic E-state index is 12.7. The summed E-state index contributed by atoms with van der Waals surface area (Å²) in [7, 11) is 3.16. The Balaban J connectivity index is 2.04. The Hall–Kier alpha value is -2.42. The van der Waals surface area contributed by atoms with Crippen LogP contribution in [0.3, 0.4) is 0 Å². The number of nitrogens with one attached hydrogen (secondary N) is 2. The van der Waals surface area contributed by atoms with Crippen molar-refractivity contribution in [3.63, 3.8) is 0 Å². The maximum absolute atomic E-state index is 12.7. The molecule has 0 spiro atoms. The zero-order chi connectivity index (χ0) is 20.4. The standard InChI is InChI=1S/C20H23BrN2O5/c1-26-10-9-22-19(24)14-3-6-16(7-4-14)23-20(25)17-13-15(21)5-8-18(17)28-12-11-27-2/h3-8,13H,9-12H2,1-2H3,(H,22,24)(H,23,25). The van der Waals surface area contributed by atoms with E-state index in [0.717, 1.165) is 4.47 Å². The number of rotatable bonds is 10. The highest BCUT2D eigenvalue weighted by atomic mass is 79.9. The number of hydrogen-bond acceptors (Lipinski definition) is 5. The SMILES string of the molecule is COCCNC(=O)c1ccc(NC(=O)c2cc(Br)ccc2OCCOC)cc1. The molecule has 2 aromatic rings. The third-order valence-corrected chi connectivity index (χ3v) is 4.22. The number of methoxy groups -OCH3 is 2. The minimum absolute atomic E-state index is 0.198. The van der Waals surface area contributed by atoms with Crippen LogP contribution in [0.1, 0.15) is 20.7 Å². The first-order chi connectivity index (χ1) is 13.5. The van der Waals surface area contributed by atoms with Crippen LogP contribution in [0.15, 0.2) is 46.9 Å². The minimum atomic E-state index is -0.314. The molecule has 28 heavy (non-hydrogen) atoms.